The number of fused-ring (bicyclic) bond motifs is 1. The fourth-order valence-electron chi connectivity index (χ4n) is 2.67. The molecule has 1 saturated carbocycles. The smallest absolute Gasteiger partial charge is 0.255 e. The average Bonchev–Trinajstić information content (AvgIpc) is 3.29. The van der Waals surface area contributed by atoms with Crippen LogP contribution < -0.4 is 14.8 Å². The second-order valence-corrected chi connectivity index (χ2v) is 6.71. The first kappa shape index (κ1) is 16.2. The number of benzene rings is 2. The highest BCUT2D eigenvalue weighted by Crippen LogP contribution is 2.39. The summed E-state index contributed by atoms with van der Waals surface area (Å²) in [6.07, 6.45) is 2.54. The number of carbonyl (C=O) groups excluding carboxylic acids is 1. The van der Waals surface area contributed by atoms with Crippen LogP contribution in [0.5, 0.6) is 11.5 Å². The van der Waals surface area contributed by atoms with Crippen molar-refractivity contribution < 1.29 is 19.0 Å². The molecular formula is C19H18ClNO4. The van der Waals surface area contributed by atoms with E-state index in [0.717, 1.165) is 18.1 Å². The summed E-state index contributed by atoms with van der Waals surface area (Å²) in [6, 6.07) is 10.9. The van der Waals surface area contributed by atoms with Gasteiger partial charge in [0, 0.05) is 17.9 Å². The van der Waals surface area contributed by atoms with E-state index >= 15 is 0 Å². The van der Waals surface area contributed by atoms with Gasteiger partial charge in [-0.25, -0.2) is 0 Å². The van der Waals surface area contributed by atoms with E-state index < -0.39 is 0 Å². The maximum Gasteiger partial charge on any atom is 0.255 e. The third-order valence-electron chi connectivity index (χ3n) is 4.19. The van der Waals surface area contributed by atoms with Gasteiger partial charge in [0.1, 0.15) is 0 Å². The summed E-state index contributed by atoms with van der Waals surface area (Å²) in [4.78, 5) is 12.5. The van der Waals surface area contributed by atoms with Gasteiger partial charge >= 0.3 is 0 Å². The van der Waals surface area contributed by atoms with E-state index in [4.69, 9.17) is 25.8 Å². The summed E-state index contributed by atoms with van der Waals surface area (Å²) >= 11 is 6.13. The number of halogens is 1. The summed E-state index contributed by atoms with van der Waals surface area (Å²) in [5.74, 6) is 1.45. The maximum absolute atomic E-state index is 12.5. The summed E-state index contributed by atoms with van der Waals surface area (Å²) in [5.41, 5.74) is 2.16. The molecule has 4 rings (SSSR count). The summed E-state index contributed by atoms with van der Waals surface area (Å²) < 4.78 is 16.3. The lowest BCUT2D eigenvalue weighted by atomic mass is 10.1. The molecule has 0 saturated heterocycles. The zero-order valence-electron chi connectivity index (χ0n) is 13.6. The molecule has 25 heavy (non-hydrogen) atoms. The van der Waals surface area contributed by atoms with Crippen LogP contribution in [0.15, 0.2) is 36.4 Å². The Morgan fingerprint density at radius 3 is 2.96 bits per heavy atom. The van der Waals surface area contributed by atoms with E-state index in [9.17, 15) is 4.79 Å². The first-order chi connectivity index (χ1) is 12.2. The predicted molar refractivity (Wildman–Crippen MR) is 94.4 cm³/mol. The van der Waals surface area contributed by atoms with Crippen LogP contribution in [-0.2, 0) is 11.3 Å². The molecule has 0 spiro atoms. The van der Waals surface area contributed by atoms with Gasteiger partial charge in [0.15, 0.2) is 11.5 Å². The Labute approximate surface area is 150 Å². The Hall–Kier alpha value is -2.24. The SMILES string of the molecule is O=C(Nc1cccc(COCC2CC2)c1)c1cc(Cl)c2c(c1)OCO2. The number of anilines is 1. The van der Waals surface area contributed by atoms with Crippen LogP contribution in [0.3, 0.4) is 0 Å². The molecule has 0 unspecified atom stereocenters. The van der Waals surface area contributed by atoms with Crippen molar-refractivity contribution in [3.05, 3.63) is 52.5 Å². The third kappa shape index (κ3) is 3.89. The highest BCUT2D eigenvalue weighted by molar-refractivity contribution is 6.32. The predicted octanol–water partition coefficient (Wildman–Crippen LogP) is 4.25. The Bertz CT molecular complexity index is 804. The molecule has 2 aromatic rings. The standard InChI is InChI=1S/C19H18ClNO4/c20-16-7-14(8-17-18(16)25-11-24-17)19(22)21-15-3-1-2-13(6-15)10-23-9-12-4-5-12/h1-3,6-8,12H,4-5,9-11H2,(H,21,22). The van der Waals surface area contributed by atoms with Crippen LogP contribution in [-0.4, -0.2) is 19.3 Å². The highest BCUT2D eigenvalue weighted by atomic mass is 35.5. The minimum atomic E-state index is -0.253. The molecule has 0 aromatic heterocycles. The van der Waals surface area contributed by atoms with Crippen molar-refractivity contribution in [2.45, 2.75) is 19.4 Å². The van der Waals surface area contributed by atoms with Crippen molar-refractivity contribution in [2.24, 2.45) is 5.92 Å². The lowest BCUT2D eigenvalue weighted by Crippen LogP contribution is -2.12. The number of hydrogen-bond acceptors (Lipinski definition) is 4. The molecule has 1 amide bonds. The number of rotatable bonds is 6. The molecule has 1 aliphatic heterocycles. The average molecular weight is 360 g/mol. The first-order valence-electron chi connectivity index (χ1n) is 8.26. The van der Waals surface area contributed by atoms with Gasteiger partial charge in [-0.3, -0.25) is 4.79 Å². The van der Waals surface area contributed by atoms with Gasteiger partial charge < -0.3 is 19.5 Å². The molecule has 2 aliphatic rings. The van der Waals surface area contributed by atoms with Crippen molar-refractivity contribution in [2.75, 3.05) is 18.7 Å². The van der Waals surface area contributed by atoms with E-state index in [1.165, 1.54) is 12.8 Å². The molecule has 130 valence electrons. The molecule has 5 nitrogen and oxygen atoms in total. The molecule has 1 fully saturated rings. The molecule has 2 aromatic carbocycles. The molecule has 1 aliphatic carbocycles. The number of carbonyl (C=O) groups is 1. The van der Waals surface area contributed by atoms with Crippen molar-refractivity contribution in [1.29, 1.82) is 0 Å². The van der Waals surface area contributed by atoms with E-state index in [2.05, 4.69) is 5.32 Å². The van der Waals surface area contributed by atoms with Gasteiger partial charge in [0.05, 0.1) is 11.6 Å². The number of hydrogen-bond donors (Lipinski definition) is 1. The van der Waals surface area contributed by atoms with Crippen molar-refractivity contribution >= 4 is 23.2 Å². The van der Waals surface area contributed by atoms with Gasteiger partial charge in [0.25, 0.3) is 5.91 Å². The normalized spacial score (nSPS) is 15.2. The fourth-order valence-corrected chi connectivity index (χ4v) is 2.93. The van der Waals surface area contributed by atoms with Crippen LogP contribution >= 0.6 is 11.6 Å². The van der Waals surface area contributed by atoms with E-state index in [1.807, 2.05) is 24.3 Å². The second kappa shape index (κ2) is 6.94. The lowest BCUT2D eigenvalue weighted by Gasteiger charge is -2.09. The fraction of sp³-hybridized carbons (Fsp3) is 0.316. The van der Waals surface area contributed by atoms with Crippen LogP contribution in [0.25, 0.3) is 0 Å². The Balaban J connectivity index is 1.42. The first-order valence-corrected chi connectivity index (χ1v) is 8.64. The monoisotopic (exact) mass is 359 g/mol. The maximum atomic E-state index is 12.5. The molecule has 1 heterocycles. The number of nitrogens with one attached hydrogen (secondary N) is 1. The van der Waals surface area contributed by atoms with Crippen molar-refractivity contribution in [3.8, 4) is 11.5 Å². The molecule has 1 N–H and O–H groups in total. The zero-order chi connectivity index (χ0) is 17.2. The summed E-state index contributed by atoms with van der Waals surface area (Å²) in [6.45, 7) is 1.48. The van der Waals surface area contributed by atoms with Gasteiger partial charge in [-0.15, -0.1) is 0 Å². The van der Waals surface area contributed by atoms with Gasteiger partial charge in [-0.1, -0.05) is 23.7 Å². The molecule has 0 bridgehead atoms. The summed E-state index contributed by atoms with van der Waals surface area (Å²) in [7, 11) is 0. The molecule has 0 atom stereocenters. The largest absolute Gasteiger partial charge is 0.454 e. The van der Waals surface area contributed by atoms with Crippen LogP contribution in [0, 0.1) is 5.92 Å². The Kier molecular flexibility index (Phi) is 4.51. The van der Waals surface area contributed by atoms with Crippen molar-refractivity contribution in [1.82, 2.24) is 0 Å². The van der Waals surface area contributed by atoms with Crippen LogP contribution in [0.1, 0.15) is 28.8 Å². The topological polar surface area (TPSA) is 56.8 Å². The van der Waals surface area contributed by atoms with E-state index in [1.54, 1.807) is 12.1 Å². The minimum Gasteiger partial charge on any atom is -0.454 e. The minimum absolute atomic E-state index is 0.114. The molecule has 0 radical (unpaired) electrons. The third-order valence-corrected chi connectivity index (χ3v) is 4.47. The van der Waals surface area contributed by atoms with Crippen molar-refractivity contribution in [3.63, 3.8) is 0 Å². The lowest BCUT2D eigenvalue weighted by molar-refractivity contribution is 0.102. The van der Waals surface area contributed by atoms with Crippen LogP contribution in [0.4, 0.5) is 5.69 Å². The quantitative estimate of drug-likeness (QED) is 0.837. The number of amides is 1. The van der Waals surface area contributed by atoms with Gasteiger partial charge in [0.2, 0.25) is 6.79 Å². The molecular weight excluding hydrogens is 342 g/mol. The number of ether oxygens (including phenoxy) is 3. The van der Waals surface area contributed by atoms with E-state index in [0.29, 0.717) is 34.4 Å². The zero-order valence-corrected chi connectivity index (χ0v) is 14.3. The highest BCUT2D eigenvalue weighted by Gasteiger charge is 2.22. The van der Waals surface area contributed by atoms with Gasteiger partial charge in [-0.2, -0.15) is 0 Å². The summed E-state index contributed by atoms with van der Waals surface area (Å²) in [5, 5.41) is 3.24. The Morgan fingerprint density at radius 1 is 1.24 bits per heavy atom. The van der Waals surface area contributed by atoms with Crippen LogP contribution in [0.2, 0.25) is 5.02 Å². The molecule has 6 heteroatoms. The van der Waals surface area contributed by atoms with Gasteiger partial charge in [-0.05, 0) is 48.6 Å². The Morgan fingerprint density at radius 2 is 2.12 bits per heavy atom. The van der Waals surface area contributed by atoms with E-state index in [-0.39, 0.29) is 12.7 Å². The second-order valence-electron chi connectivity index (χ2n) is 6.30.